The standard InChI is InChI=1S/C15H10ClF2N3O3/c16-9-1-2-11(12-6-20-14(7-19-12)23-15(17)18)13(5-9)22-8-10-3-4-21-24-10/h1-7,15H,8H2. The van der Waals surface area contributed by atoms with Crippen molar-refractivity contribution in [2.75, 3.05) is 0 Å². The maximum absolute atomic E-state index is 12.1. The third-order valence-electron chi connectivity index (χ3n) is 2.92. The predicted octanol–water partition coefficient (Wildman–Crippen LogP) is 3.97. The quantitative estimate of drug-likeness (QED) is 0.668. The highest BCUT2D eigenvalue weighted by atomic mass is 35.5. The number of benzene rings is 1. The Kier molecular flexibility index (Phi) is 4.85. The summed E-state index contributed by atoms with van der Waals surface area (Å²) >= 11 is 5.99. The summed E-state index contributed by atoms with van der Waals surface area (Å²) in [6.45, 7) is -2.81. The Balaban J connectivity index is 1.84. The molecule has 2 aromatic heterocycles. The van der Waals surface area contributed by atoms with Crippen LogP contribution >= 0.6 is 11.6 Å². The lowest BCUT2D eigenvalue weighted by molar-refractivity contribution is -0.0530. The molecule has 0 radical (unpaired) electrons. The highest BCUT2D eigenvalue weighted by molar-refractivity contribution is 6.30. The van der Waals surface area contributed by atoms with Gasteiger partial charge >= 0.3 is 6.61 Å². The Hall–Kier alpha value is -2.74. The number of hydrogen-bond acceptors (Lipinski definition) is 6. The molecule has 0 saturated heterocycles. The highest BCUT2D eigenvalue weighted by Crippen LogP contribution is 2.32. The normalized spacial score (nSPS) is 10.8. The van der Waals surface area contributed by atoms with Crippen LogP contribution in [0.4, 0.5) is 8.78 Å². The van der Waals surface area contributed by atoms with Crippen molar-refractivity contribution in [3.05, 3.63) is 53.6 Å². The molecule has 6 nitrogen and oxygen atoms in total. The zero-order chi connectivity index (χ0) is 16.9. The van der Waals surface area contributed by atoms with E-state index in [1.807, 2.05) is 0 Å². The molecular formula is C15H10ClF2N3O3. The van der Waals surface area contributed by atoms with Gasteiger partial charge in [-0.3, -0.25) is 0 Å². The van der Waals surface area contributed by atoms with Gasteiger partial charge in [0.2, 0.25) is 5.88 Å². The zero-order valence-electron chi connectivity index (χ0n) is 12.0. The van der Waals surface area contributed by atoms with Gasteiger partial charge in [-0.25, -0.2) is 9.97 Å². The molecule has 0 aliphatic heterocycles. The summed E-state index contributed by atoms with van der Waals surface area (Å²) in [5.41, 5.74) is 1.01. The first-order chi connectivity index (χ1) is 11.6. The Morgan fingerprint density at radius 1 is 1.17 bits per heavy atom. The molecule has 0 atom stereocenters. The van der Waals surface area contributed by atoms with Crippen molar-refractivity contribution in [2.45, 2.75) is 13.2 Å². The molecule has 0 unspecified atom stereocenters. The summed E-state index contributed by atoms with van der Waals surface area (Å²) in [4.78, 5) is 7.84. The average molecular weight is 354 g/mol. The van der Waals surface area contributed by atoms with Gasteiger partial charge in [-0.05, 0) is 18.2 Å². The Morgan fingerprint density at radius 3 is 2.71 bits per heavy atom. The molecule has 0 N–H and O–H groups in total. The molecule has 2 heterocycles. The van der Waals surface area contributed by atoms with Gasteiger partial charge < -0.3 is 14.0 Å². The molecule has 3 aromatic rings. The van der Waals surface area contributed by atoms with E-state index in [9.17, 15) is 8.78 Å². The largest absolute Gasteiger partial charge is 0.485 e. The van der Waals surface area contributed by atoms with Crippen molar-refractivity contribution in [3.63, 3.8) is 0 Å². The molecule has 24 heavy (non-hydrogen) atoms. The van der Waals surface area contributed by atoms with Gasteiger partial charge in [-0.1, -0.05) is 16.8 Å². The number of aromatic nitrogens is 3. The van der Waals surface area contributed by atoms with Gasteiger partial charge in [-0.2, -0.15) is 8.78 Å². The Morgan fingerprint density at radius 2 is 2.04 bits per heavy atom. The van der Waals surface area contributed by atoms with Crippen LogP contribution in [-0.4, -0.2) is 21.7 Å². The molecule has 0 spiro atoms. The first kappa shape index (κ1) is 16.1. The molecule has 9 heteroatoms. The number of alkyl halides is 2. The van der Waals surface area contributed by atoms with Crippen LogP contribution in [0.1, 0.15) is 5.76 Å². The van der Waals surface area contributed by atoms with Crippen LogP contribution in [0.5, 0.6) is 11.6 Å². The van der Waals surface area contributed by atoms with E-state index in [-0.39, 0.29) is 12.5 Å². The van der Waals surface area contributed by atoms with Crippen molar-refractivity contribution < 1.29 is 22.8 Å². The van der Waals surface area contributed by atoms with Gasteiger partial charge in [0.05, 0.1) is 24.3 Å². The number of halogens is 3. The van der Waals surface area contributed by atoms with E-state index < -0.39 is 6.61 Å². The number of ether oxygens (including phenoxy) is 2. The fraction of sp³-hybridized carbons (Fsp3) is 0.133. The fourth-order valence-corrected chi connectivity index (χ4v) is 2.06. The van der Waals surface area contributed by atoms with Crippen LogP contribution in [-0.2, 0) is 6.61 Å². The molecule has 1 aromatic carbocycles. The van der Waals surface area contributed by atoms with E-state index in [4.69, 9.17) is 20.9 Å². The van der Waals surface area contributed by atoms with E-state index in [1.54, 1.807) is 24.3 Å². The first-order valence-corrected chi connectivity index (χ1v) is 7.09. The summed E-state index contributed by atoms with van der Waals surface area (Å²) in [6.07, 6.45) is 3.92. The maximum atomic E-state index is 12.1. The van der Waals surface area contributed by atoms with Gasteiger partial charge in [0, 0.05) is 16.7 Å². The minimum atomic E-state index is -2.96. The highest BCUT2D eigenvalue weighted by Gasteiger charge is 2.12. The van der Waals surface area contributed by atoms with Crippen molar-refractivity contribution in [1.82, 2.24) is 15.1 Å². The summed E-state index contributed by atoms with van der Waals surface area (Å²) in [7, 11) is 0. The summed E-state index contributed by atoms with van der Waals surface area (Å²) in [5, 5.41) is 4.06. The lowest BCUT2D eigenvalue weighted by Crippen LogP contribution is -2.04. The second-order valence-corrected chi connectivity index (χ2v) is 4.96. The second kappa shape index (κ2) is 7.22. The van der Waals surface area contributed by atoms with Crippen LogP contribution in [0.25, 0.3) is 11.3 Å². The third kappa shape index (κ3) is 3.96. The van der Waals surface area contributed by atoms with Gasteiger partial charge in [0.1, 0.15) is 12.4 Å². The molecule has 124 valence electrons. The van der Waals surface area contributed by atoms with Crippen LogP contribution in [0.15, 0.2) is 47.4 Å². The molecule has 0 amide bonds. The van der Waals surface area contributed by atoms with E-state index in [0.29, 0.717) is 27.8 Å². The third-order valence-corrected chi connectivity index (χ3v) is 3.15. The predicted molar refractivity (Wildman–Crippen MR) is 79.9 cm³/mol. The topological polar surface area (TPSA) is 70.3 Å². The van der Waals surface area contributed by atoms with E-state index in [0.717, 1.165) is 6.20 Å². The van der Waals surface area contributed by atoms with E-state index in [2.05, 4.69) is 19.9 Å². The summed E-state index contributed by atoms with van der Waals surface area (Å²) in [5.74, 6) is 0.704. The van der Waals surface area contributed by atoms with Crippen molar-refractivity contribution in [1.29, 1.82) is 0 Å². The minimum absolute atomic E-state index is 0.146. The average Bonchev–Trinajstić information content (AvgIpc) is 3.07. The number of rotatable bonds is 6. The molecular weight excluding hydrogens is 344 g/mol. The van der Waals surface area contributed by atoms with Crippen molar-refractivity contribution in [2.24, 2.45) is 0 Å². The monoisotopic (exact) mass is 353 g/mol. The molecule has 3 rings (SSSR count). The van der Waals surface area contributed by atoms with E-state index >= 15 is 0 Å². The molecule has 0 fully saturated rings. The van der Waals surface area contributed by atoms with E-state index in [1.165, 1.54) is 12.4 Å². The van der Waals surface area contributed by atoms with Gasteiger partial charge in [0.25, 0.3) is 0 Å². The van der Waals surface area contributed by atoms with Crippen LogP contribution in [0.2, 0.25) is 5.02 Å². The van der Waals surface area contributed by atoms with Gasteiger partial charge in [0.15, 0.2) is 5.76 Å². The van der Waals surface area contributed by atoms with Gasteiger partial charge in [-0.15, -0.1) is 0 Å². The lowest BCUT2D eigenvalue weighted by atomic mass is 10.1. The van der Waals surface area contributed by atoms with Crippen LogP contribution in [0, 0.1) is 0 Å². The molecule has 0 bridgehead atoms. The molecule has 0 saturated carbocycles. The summed E-state index contributed by atoms with van der Waals surface area (Å²) in [6, 6.07) is 6.62. The second-order valence-electron chi connectivity index (χ2n) is 4.53. The lowest BCUT2D eigenvalue weighted by Gasteiger charge is -2.11. The van der Waals surface area contributed by atoms with Crippen molar-refractivity contribution in [3.8, 4) is 22.9 Å². The number of nitrogens with zero attached hydrogens (tertiary/aromatic N) is 3. The Bertz CT molecular complexity index is 798. The molecule has 0 aliphatic carbocycles. The van der Waals surface area contributed by atoms with Crippen LogP contribution < -0.4 is 9.47 Å². The minimum Gasteiger partial charge on any atom is -0.485 e. The summed E-state index contributed by atoms with van der Waals surface area (Å²) < 4.78 is 39.1. The smallest absolute Gasteiger partial charge is 0.388 e. The number of hydrogen-bond donors (Lipinski definition) is 0. The fourth-order valence-electron chi connectivity index (χ4n) is 1.90. The molecule has 0 aliphatic rings. The zero-order valence-corrected chi connectivity index (χ0v) is 12.8. The van der Waals surface area contributed by atoms with Crippen LogP contribution in [0.3, 0.4) is 0 Å². The van der Waals surface area contributed by atoms with Crippen molar-refractivity contribution >= 4 is 11.6 Å². The Labute approximate surface area is 140 Å². The maximum Gasteiger partial charge on any atom is 0.388 e. The first-order valence-electron chi connectivity index (χ1n) is 6.71. The SMILES string of the molecule is FC(F)Oc1cnc(-c2ccc(Cl)cc2OCc2ccno2)cn1.